The Morgan fingerprint density at radius 1 is 1.11 bits per heavy atom. The second-order valence-electron chi connectivity index (χ2n) is 4.22. The number of aryl methyl sites for hydroxylation is 1. The van der Waals surface area contributed by atoms with Gasteiger partial charge in [-0.15, -0.1) is 0 Å². The van der Waals surface area contributed by atoms with Crippen LogP contribution in [0.4, 0.5) is 11.4 Å². The van der Waals surface area contributed by atoms with E-state index in [9.17, 15) is 9.90 Å². The maximum atomic E-state index is 11.3. The standard InChI is InChI=1S/C15H15NO2/c1-11-8-9-14(13(10-11)15(17)18)16(2)12-6-4-3-5-7-12/h3-10H,1-2H3,(H,17,18). The molecule has 0 radical (unpaired) electrons. The van der Waals surface area contributed by atoms with E-state index in [1.54, 1.807) is 6.07 Å². The van der Waals surface area contributed by atoms with Gasteiger partial charge >= 0.3 is 5.97 Å². The lowest BCUT2D eigenvalue weighted by Gasteiger charge is -2.21. The van der Waals surface area contributed by atoms with Gasteiger partial charge in [0.2, 0.25) is 0 Å². The number of anilines is 2. The molecule has 0 fully saturated rings. The third kappa shape index (κ3) is 2.35. The summed E-state index contributed by atoms with van der Waals surface area (Å²) in [6.45, 7) is 1.89. The summed E-state index contributed by atoms with van der Waals surface area (Å²) in [6.07, 6.45) is 0. The molecule has 0 unspecified atom stereocenters. The number of hydrogen-bond donors (Lipinski definition) is 1. The lowest BCUT2D eigenvalue weighted by molar-refractivity contribution is 0.0697. The molecule has 0 heterocycles. The summed E-state index contributed by atoms with van der Waals surface area (Å²) >= 11 is 0. The molecule has 0 amide bonds. The molecule has 0 atom stereocenters. The van der Waals surface area contributed by atoms with Gasteiger partial charge in [-0.3, -0.25) is 0 Å². The van der Waals surface area contributed by atoms with Crippen LogP contribution in [-0.2, 0) is 0 Å². The Bertz CT molecular complexity index is 564. The monoisotopic (exact) mass is 241 g/mol. The van der Waals surface area contributed by atoms with Crippen LogP contribution in [0.5, 0.6) is 0 Å². The van der Waals surface area contributed by atoms with Gasteiger partial charge in [-0.05, 0) is 31.2 Å². The van der Waals surface area contributed by atoms with Crippen LogP contribution in [0.3, 0.4) is 0 Å². The first-order valence-corrected chi connectivity index (χ1v) is 5.72. The number of aromatic carboxylic acids is 1. The Morgan fingerprint density at radius 3 is 2.39 bits per heavy atom. The zero-order valence-corrected chi connectivity index (χ0v) is 10.4. The average molecular weight is 241 g/mol. The Labute approximate surface area is 106 Å². The van der Waals surface area contributed by atoms with Crippen LogP contribution in [0.1, 0.15) is 15.9 Å². The van der Waals surface area contributed by atoms with Gasteiger partial charge in [-0.25, -0.2) is 4.79 Å². The van der Waals surface area contributed by atoms with Crippen molar-refractivity contribution < 1.29 is 9.90 Å². The molecule has 3 heteroatoms. The predicted octanol–water partition coefficient (Wildman–Crippen LogP) is 3.46. The average Bonchev–Trinajstić information content (AvgIpc) is 2.39. The molecule has 0 saturated carbocycles. The highest BCUT2D eigenvalue weighted by Crippen LogP contribution is 2.27. The van der Waals surface area contributed by atoms with Crippen LogP contribution < -0.4 is 4.90 Å². The number of para-hydroxylation sites is 1. The van der Waals surface area contributed by atoms with E-state index in [-0.39, 0.29) is 0 Å². The van der Waals surface area contributed by atoms with E-state index in [4.69, 9.17) is 0 Å². The molecule has 2 aromatic rings. The fourth-order valence-electron chi connectivity index (χ4n) is 1.90. The number of carboxylic acid groups (broad SMARTS) is 1. The molecule has 0 aliphatic carbocycles. The second kappa shape index (κ2) is 4.92. The number of benzene rings is 2. The zero-order chi connectivity index (χ0) is 13.1. The van der Waals surface area contributed by atoms with Crippen molar-refractivity contribution >= 4 is 17.3 Å². The minimum atomic E-state index is -0.906. The summed E-state index contributed by atoms with van der Waals surface area (Å²) in [7, 11) is 1.87. The topological polar surface area (TPSA) is 40.5 Å². The molecular weight excluding hydrogens is 226 g/mol. The molecule has 0 aliphatic rings. The number of carbonyl (C=O) groups is 1. The maximum Gasteiger partial charge on any atom is 0.337 e. The molecule has 2 aromatic carbocycles. The first kappa shape index (κ1) is 12.2. The molecule has 92 valence electrons. The highest BCUT2D eigenvalue weighted by Gasteiger charge is 2.14. The summed E-state index contributed by atoms with van der Waals surface area (Å²) in [6, 6.07) is 15.1. The number of rotatable bonds is 3. The van der Waals surface area contributed by atoms with Crippen molar-refractivity contribution in [2.45, 2.75) is 6.92 Å². The molecule has 0 saturated heterocycles. The summed E-state index contributed by atoms with van der Waals surface area (Å²) in [5, 5.41) is 9.26. The van der Waals surface area contributed by atoms with Gasteiger partial charge in [0, 0.05) is 12.7 Å². The van der Waals surface area contributed by atoms with E-state index in [0.717, 1.165) is 11.3 Å². The quantitative estimate of drug-likeness (QED) is 0.894. The summed E-state index contributed by atoms with van der Waals surface area (Å²) in [4.78, 5) is 13.2. The van der Waals surface area contributed by atoms with Gasteiger partial charge in [-0.1, -0.05) is 29.8 Å². The minimum Gasteiger partial charge on any atom is -0.478 e. The summed E-state index contributed by atoms with van der Waals surface area (Å²) in [5.41, 5.74) is 2.92. The fourth-order valence-corrected chi connectivity index (χ4v) is 1.90. The Kier molecular flexibility index (Phi) is 3.33. The first-order valence-electron chi connectivity index (χ1n) is 5.72. The molecule has 2 rings (SSSR count). The molecule has 18 heavy (non-hydrogen) atoms. The van der Waals surface area contributed by atoms with Crippen molar-refractivity contribution in [2.24, 2.45) is 0 Å². The SMILES string of the molecule is Cc1ccc(N(C)c2ccccc2)c(C(=O)O)c1. The van der Waals surface area contributed by atoms with E-state index in [0.29, 0.717) is 11.3 Å². The highest BCUT2D eigenvalue weighted by atomic mass is 16.4. The van der Waals surface area contributed by atoms with E-state index in [2.05, 4.69) is 0 Å². The number of hydrogen-bond acceptors (Lipinski definition) is 2. The van der Waals surface area contributed by atoms with Crippen molar-refractivity contribution in [3.8, 4) is 0 Å². The molecule has 0 aromatic heterocycles. The summed E-state index contributed by atoms with van der Waals surface area (Å²) < 4.78 is 0. The van der Waals surface area contributed by atoms with Crippen LogP contribution in [0.15, 0.2) is 48.5 Å². The third-order valence-corrected chi connectivity index (χ3v) is 2.89. The van der Waals surface area contributed by atoms with Gasteiger partial charge in [0.1, 0.15) is 0 Å². The van der Waals surface area contributed by atoms with Crippen LogP contribution in [0.25, 0.3) is 0 Å². The predicted molar refractivity (Wildman–Crippen MR) is 72.6 cm³/mol. The van der Waals surface area contributed by atoms with Gasteiger partial charge in [0.15, 0.2) is 0 Å². The van der Waals surface area contributed by atoms with E-state index in [1.165, 1.54) is 0 Å². The van der Waals surface area contributed by atoms with Crippen molar-refractivity contribution in [1.29, 1.82) is 0 Å². The van der Waals surface area contributed by atoms with Gasteiger partial charge in [0.05, 0.1) is 11.3 Å². The van der Waals surface area contributed by atoms with Crippen molar-refractivity contribution in [3.05, 3.63) is 59.7 Å². The van der Waals surface area contributed by atoms with Gasteiger partial charge < -0.3 is 10.0 Å². The number of nitrogens with zero attached hydrogens (tertiary/aromatic N) is 1. The second-order valence-corrected chi connectivity index (χ2v) is 4.22. The molecular formula is C15H15NO2. The lowest BCUT2D eigenvalue weighted by Crippen LogP contribution is -2.14. The fraction of sp³-hybridized carbons (Fsp3) is 0.133. The van der Waals surface area contributed by atoms with E-state index in [1.807, 2.05) is 61.3 Å². The Morgan fingerprint density at radius 2 is 1.78 bits per heavy atom. The van der Waals surface area contributed by atoms with E-state index >= 15 is 0 Å². The molecule has 0 bridgehead atoms. The maximum absolute atomic E-state index is 11.3. The smallest absolute Gasteiger partial charge is 0.337 e. The molecule has 0 aliphatic heterocycles. The van der Waals surface area contributed by atoms with Gasteiger partial charge in [-0.2, -0.15) is 0 Å². The normalized spacial score (nSPS) is 10.1. The highest BCUT2D eigenvalue weighted by molar-refractivity contribution is 5.95. The van der Waals surface area contributed by atoms with Crippen LogP contribution in [-0.4, -0.2) is 18.1 Å². The van der Waals surface area contributed by atoms with Gasteiger partial charge in [0.25, 0.3) is 0 Å². The molecule has 1 N–H and O–H groups in total. The molecule has 3 nitrogen and oxygen atoms in total. The van der Waals surface area contributed by atoms with Crippen molar-refractivity contribution in [3.63, 3.8) is 0 Å². The largest absolute Gasteiger partial charge is 0.478 e. The Hall–Kier alpha value is -2.29. The minimum absolute atomic E-state index is 0.321. The lowest BCUT2D eigenvalue weighted by atomic mass is 10.1. The van der Waals surface area contributed by atoms with Crippen molar-refractivity contribution in [2.75, 3.05) is 11.9 Å². The molecule has 0 spiro atoms. The van der Waals surface area contributed by atoms with Crippen molar-refractivity contribution in [1.82, 2.24) is 0 Å². The first-order chi connectivity index (χ1) is 8.59. The zero-order valence-electron chi connectivity index (χ0n) is 10.4. The summed E-state index contributed by atoms with van der Waals surface area (Å²) in [5.74, 6) is -0.906. The van der Waals surface area contributed by atoms with Crippen LogP contribution in [0.2, 0.25) is 0 Å². The van der Waals surface area contributed by atoms with Crippen LogP contribution in [0, 0.1) is 6.92 Å². The number of carboxylic acids is 1. The Balaban J connectivity index is 2.48. The van der Waals surface area contributed by atoms with Crippen LogP contribution >= 0.6 is 0 Å². The third-order valence-electron chi connectivity index (χ3n) is 2.89. The van der Waals surface area contributed by atoms with E-state index < -0.39 is 5.97 Å².